The van der Waals surface area contributed by atoms with Gasteiger partial charge in [0.15, 0.2) is 0 Å². The molecule has 0 N–H and O–H groups in total. The van der Waals surface area contributed by atoms with Crippen LogP contribution in [0.25, 0.3) is 0 Å². The molecule has 0 spiro atoms. The number of methoxy groups -OCH3 is 1. The van der Waals surface area contributed by atoms with Crippen molar-refractivity contribution in [3.05, 3.63) is 12.2 Å². The number of hydrogen-bond donors (Lipinski definition) is 0. The minimum atomic E-state index is -0.146. The third kappa shape index (κ3) is 5.75. The fourth-order valence-electron chi connectivity index (χ4n) is 1.22. The highest BCUT2D eigenvalue weighted by Gasteiger charge is 2.14. The van der Waals surface area contributed by atoms with Crippen molar-refractivity contribution in [2.45, 2.75) is 20.3 Å². The lowest BCUT2D eigenvalue weighted by Gasteiger charge is -2.19. The van der Waals surface area contributed by atoms with Gasteiger partial charge in [-0.15, -0.1) is 6.58 Å². The highest BCUT2D eigenvalue weighted by atomic mass is 16.5. The third-order valence-electron chi connectivity index (χ3n) is 2.11. The van der Waals surface area contributed by atoms with E-state index in [0.29, 0.717) is 0 Å². The first-order valence-electron chi connectivity index (χ1n) is 4.88. The quantitative estimate of drug-likeness (QED) is 0.481. The minimum absolute atomic E-state index is 0.0601. The Bertz CT molecular complexity index is 201. The summed E-state index contributed by atoms with van der Waals surface area (Å²) >= 11 is 0. The SMILES string of the molecule is C=C(C)CCN(C)CC(C)C(=O)OC. The van der Waals surface area contributed by atoms with Gasteiger partial charge in [-0.2, -0.15) is 0 Å². The molecule has 0 heterocycles. The molecule has 0 aliphatic rings. The number of carbonyl (C=O) groups excluding carboxylic acids is 1. The molecule has 0 bridgehead atoms. The van der Waals surface area contributed by atoms with E-state index >= 15 is 0 Å². The van der Waals surface area contributed by atoms with Crippen molar-refractivity contribution in [2.24, 2.45) is 5.92 Å². The van der Waals surface area contributed by atoms with Crippen molar-refractivity contribution in [3.8, 4) is 0 Å². The average molecular weight is 199 g/mol. The molecule has 0 aromatic rings. The van der Waals surface area contributed by atoms with Crippen LogP contribution in [0.15, 0.2) is 12.2 Å². The second-order valence-electron chi connectivity index (χ2n) is 3.89. The Morgan fingerprint density at radius 1 is 1.57 bits per heavy atom. The second-order valence-corrected chi connectivity index (χ2v) is 3.89. The predicted molar refractivity (Wildman–Crippen MR) is 58.1 cm³/mol. The summed E-state index contributed by atoms with van der Waals surface area (Å²) in [5.41, 5.74) is 1.17. The van der Waals surface area contributed by atoms with Gasteiger partial charge in [0.2, 0.25) is 0 Å². The van der Waals surface area contributed by atoms with E-state index in [9.17, 15) is 4.79 Å². The van der Waals surface area contributed by atoms with Crippen molar-refractivity contribution in [1.82, 2.24) is 4.90 Å². The molecule has 0 aromatic carbocycles. The normalized spacial score (nSPS) is 12.6. The largest absolute Gasteiger partial charge is 0.469 e. The number of rotatable bonds is 6. The van der Waals surface area contributed by atoms with Gasteiger partial charge in [0.1, 0.15) is 0 Å². The van der Waals surface area contributed by atoms with E-state index in [0.717, 1.165) is 19.5 Å². The molecule has 1 unspecified atom stereocenters. The molecule has 0 aliphatic heterocycles. The molecule has 1 atom stereocenters. The van der Waals surface area contributed by atoms with Gasteiger partial charge in [-0.05, 0) is 20.4 Å². The molecule has 0 rings (SSSR count). The van der Waals surface area contributed by atoms with Crippen LogP contribution in [0.4, 0.5) is 0 Å². The number of esters is 1. The van der Waals surface area contributed by atoms with Gasteiger partial charge in [0.05, 0.1) is 13.0 Å². The van der Waals surface area contributed by atoms with Gasteiger partial charge in [-0.25, -0.2) is 0 Å². The maximum absolute atomic E-state index is 11.1. The van der Waals surface area contributed by atoms with E-state index in [2.05, 4.69) is 16.2 Å². The first-order chi connectivity index (χ1) is 6.47. The highest BCUT2D eigenvalue weighted by molar-refractivity contribution is 5.71. The Hall–Kier alpha value is -0.830. The molecular weight excluding hydrogens is 178 g/mol. The van der Waals surface area contributed by atoms with Crippen LogP contribution in [-0.2, 0) is 9.53 Å². The van der Waals surface area contributed by atoms with Gasteiger partial charge in [-0.1, -0.05) is 12.5 Å². The number of nitrogens with zero attached hydrogens (tertiary/aromatic N) is 1. The Morgan fingerprint density at radius 3 is 2.57 bits per heavy atom. The zero-order chi connectivity index (χ0) is 11.1. The fraction of sp³-hybridized carbons (Fsp3) is 0.727. The number of carbonyl (C=O) groups is 1. The molecular formula is C11H21NO2. The van der Waals surface area contributed by atoms with E-state index in [1.165, 1.54) is 12.7 Å². The lowest BCUT2D eigenvalue weighted by atomic mass is 10.1. The molecule has 14 heavy (non-hydrogen) atoms. The molecule has 0 saturated carbocycles. The number of ether oxygens (including phenoxy) is 1. The highest BCUT2D eigenvalue weighted by Crippen LogP contribution is 2.03. The van der Waals surface area contributed by atoms with E-state index in [1.54, 1.807) is 0 Å². The van der Waals surface area contributed by atoms with E-state index in [1.807, 2.05) is 20.9 Å². The zero-order valence-electron chi connectivity index (χ0n) is 9.67. The molecule has 0 amide bonds. The zero-order valence-corrected chi connectivity index (χ0v) is 9.67. The summed E-state index contributed by atoms with van der Waals surface area (Å²) < 4.78 is 4.66. The van der Waals surface area contributed by atoms with Gasteiger partial charge in [0.25, 0.3) is 0 Å². The van der Waals surface area contributed by atoms with Crippen LogP contribution in [0.1, 0.15) is 20.3 Å². The fourth-order valence-corrected chi connectivity index (χ4v) is 1.22. The van der Waals surface area contributed by atoms with Crippen molar-refractivity contribution in [1.29, 1.82) is 0 Å². The molecule has 82 valence electrons. The van der Waals surface area contributed by atoms with Crippen molar-refractivity contribution < 1.29 is 9.53 Å². The maximum Gasteiger partial charge on any atom is 0.309 e. The lowest BCUT2D eigenvalue weighted by Crippen LogP contribution is -2.30. The van der Waals surface area contributed by atoms with Crippen LogP contribution in [0.2, 0.25) is 0 Å². The van der Waals surface area contributed by atoms with E-state index in [-0.39, 0.29) is 11.9 Å². The smallest absolute Gasteiger partial charge is 0.309 e. The molecule has 0 fully saturated rings. The Kier molecular flexibility index (Phi) is 6.21. The molecule has 3 heteroatoms. The summed E-state index contributed by atoms with van der Waals surface area (Å²) in [5, 5.41) is 0. The third-order valence-corrected chi connectivity index (χ3v) is 2.11. The second kappa shape index (κ2) is 6.60. The minimum Gasteiger partial charge on any atom is -0.469 e. The van der Waals surface area contributed by atoms with Crippen molar-refractivity contribution >= 4 is 5.97 Å². The molecule has 0 aromatic heterocycles. The van der Waals surface area contributed by atoms with Gasteiger partial charge in [-0.3, -0.25) is 4.79 Å². The number of hydrogen-bond acceptors (Lipinski definition) is 3. The van der Waals surface area contributed by atoms with Gasteiger partial charge < -0.3 is 9.64 Å². The Morgan fingerprint density at radius 2 is 2.14 bits per heavy atom. The monoisotopic (exact) mass is 199 g/mol. The lowest BCUT2D eigenvalue weighted by molar-refractivity contribution is -0.145. The van der Waals surface area contributed by atoms with Crippen LogP contribution in [0.3, 0.4) is 0 Å². The van der Waals surface area contributed by atoms with Gasteiger partial charge >= 0.3 is 5.97 Å². The standard InChI is InChI=1S/C11H21NO2/c1-9(2)6-7-12(4)8-10(3)11(13)14-5/h10H,1,6-8H2,2-5H3. The van der Waals surface area contributed by atoms with Crippen LogP contribution in [0.5, 0.6) is 0 Å². The summed E-state index contributed by atoms with van der Waals surface area (Å²) in [4.78, 5) is 13.2. The van der Waals surface area contributed by atoms with Crippen LogP contribution in [-0.4, -0.2) is 38.1 Å². The summed E-state index contributed by atoms with van der Waals surface area (Å²) in [5.74, 6) is -0.206. The molecule has 0 saturated heterocycles. The molecule has 0 radical (unpaired) electrons. The average Bonchev–Trinajstić information content (AvgIpc) is 2.13. The van der Waals surface area contributed by atoms with Crippen molar-refractivity contribution in [2.75, 3.05) is 27.2 Å². The van der Waals surface area contributed by atoms with Gasteiger partial charge in [0, 0.05) is 13.1 Å². The summed E-state index contributed by atoms with van der Waals surface area (Å²) in [6.07, 6.45) is 0.977. The first kappa shape index (κ1) is 13.2. The Labute approximate surface area is 86.7 Å². The van der Waals surface area contributed by atoms with Crippen LogP contribution in [0, 0.1) is 5.92 Å². The summed E-state index contributed by atoms with van der Waals surface area (Å²) in [6, 6.07) is 0. The Balaban J connectivity index is 3.76. The molecule has 0 aliphatic carbocycles. The molecule has 3 nitrogen and oxygen atoms in total. The van der Waals surface area contributed by atoms with Crippen molar-refractivity contribution in [3.63, 3.8) is 0 Å². The first-order valence-corrected chi connectivity index (χ1v) is 4.88. The van der Waals surface area contributed by atoms with E-state index < -0.39 is 0 Å². The summed E-state index contributed by atoms with van der Waals surface area (Å²) in [6.45, 7) is 9.41. The van der Waals surface area contributed by atoms with Crippen LogP contribution < -0.4 is 0 Å². The maximum atomic E-state index is 11.1. The predicted octanol–water partition coefficient (Wildman–Crippen LogP) is 1.69. The topological polar surface area (TPSA) is 29.5 Å². The van der Waals surface area contributed by atoms with Crippen LogP contribution >= 0.6 is 0 Å². The summed E-state index contributed by atoms with van der Waals surface area (Å²) in [7, 11) is 3.43. The van der Waals surface area contributed by atoms with E-state index in [4.69, 9.17) is 0 Å².